The van der Waals surface area contributed by atoms with E-state index in [1.54, 1.807) is 13.0 Å². The molecule has 0 spiro atoms. The monoisotopic (exact) mass is 435 g/mol. The molecule has 6 heteroatoms. The maximum atomic E-state index is 12.3. The third-order valence-corrected chi connectivity index (χ3v) is 5.54. The highest BCUT2D eigenvalue weighted by Gasteiger charge is 2.19. The lowest BCUT2D eigenvalue weighted by molar-refractivity contribution is 0.0528. The van der Waals surface area contributed by atoms with Crippen LogP contribution in [0.1, 0.15) is 29.8 Å². The summed E-state index contributed by atoms with van der Waals surface area (Å²) in [5.74, 6) is -0.515. The molecule has 3 aromatic carbocycles. The molecule has 4 rings (SSSR count). The quantitative estimate of drug-likeness (QED) is 0.346. The van der Waals surface area contributed by atoms with Crippen molar-refractivity contribution in [3.05, 3.63) is 52.0 Å². The molecule has 1 aromatic heterocycles. The second-order valence-electron chi connectivity index (χ2n) is 6.54. The molecule has 0 radical (unpaired) electrons. The summed E-state index contributed by atoms with van der Waals surface area (Å²) in [5, 5.41) is 13.4. The Bertz CT molecular complexity index is 1320. The first kappa shape index (κ1) is 18.3. The van der Waals surface area contributed by atoms with E-state index in [1.807, 2.05) is 18.2 Å². The third kappa shape index (κ3) is 2.62. The summed E-state index contributed by atoms with van der Waals surface area (Å²) in [6.07, 6.45) is 0. The van der Waals surface area contributed by atoms with Crippen molar-refractivity contribution in [3.63, 3.8) is 0 Å². The van der Waals surface area contributed by atoms with Crippen LogP contribution in [0.5, 0.6) is 0 Å². The van der Waals surface area contributed by atoms with Gasteiger partial charge >= 0.3 is 5.97 Å². The minimum absolute atomic E-state index is 0.162. The molecule has 0 bridgehead atoms. The summed E-state index contributed by atoms with van der Waals surface area (Å²) < 4.78 is 8.33. The number of nitriles is 1. The van der Waals surface area contributed by atoms with Crippen LogP contribution in [-0.2, 0) is 11.3 Å². The minimum atomic E-state index is -0.515. The molecule has 0 fully saturated rings. The van der Waals surface area contributed by atoms with E-state index in [0.717, 1.165) is 43.6 Å². The molecule has 140 valence electrons. The van der Waals surface area contributed by atoms with Crippen LogP contribution in [0.3, 0.4) is 0 Å². The first-order valence-electron chi connectivity index (χ1n) is 9.05. The van der Waals surface area contributed by atoms with Crippen molar-refractivity contribution in [3.8, 4) is 6.07 Å². The van der Waals surface area contributed by atoms with E-state index in [0.29, 0.717) is 5.56 Å². The largest absolute Gasteiger partial charge is 0.462 e. The Hall–Kier alpha value is -3.04. The van der Waals surface area contributed by atoms with Gasteiger partial charge in [-0.05, 0) is 49.6 Å². The summed E-state index contributed by atoms with van der Waals surface area (Å²) in [7, 11) is 0. The van der Waals surface area contributed by atoms with Crippen LogP contribution in [0.2, 0.25) is 0 Å². The summed E-state index contributed by atoms with van der Waals surface area (Å²) in [6, 6.07) is 14.1. The maximum Gasteiger partial charge on any atom is 0.340 e. The fourth-order valence-corrected chi connectivity index (χ4v) is 4.17. The summed E-state index contributed by atoms with van der Waals surface area (Å²) in [5.41, 5.74) is 9.00. The standard InChI is InChI=1S/C22H18BrN3O2/c1-3-26-19-9-13(23)5-6-14(19)16-7-12-8-17(22(27)28-4-2)21(25)18(11-24)15(12)10-20(16)26/h5-10H,3-4,25H2,1-2H3. The van der Waals surface area contributed by atoms with Crippen molar-refractivity contribution in [2.24, 2.45) is 0 Å². The van der Waals surface area contributed by atoms with Gasteiger partial charge in [-0.2, -0.15) is 5.26 Å². The summed E-state index contributed by atoms with van der Waals surface area (Å²) in [6.45, 7) is 4.87. The SMILES string of the molecule is CCOC(=O)c1cc2cc3c4ccc(Br)cc4n(CC)c3cc2c(C#N)c1N. The maximum absolute atomic E-state index is 12.3. The van der Waals surface area contributed by atoms with Crippen LogP contribution in [0.15, 0.2) is 40.9 Å². The topological polar surface area (TPSA) is 81.0 Å². The lowest BCUT2D eigenvalue weighted by atomic mass is 9.97. The number of carbonyl (C=O) groups is 1. The summed E-state index contributed by atoms with van der Waals surface area (Å²) >= 11 is 3.55. The minimum Gasteiger partial charge on any atom is -0.462 e. The van der Waals surface area contributed by atoms with Crippen molar-refractivity contribution in [2.45, 2.75) is 20.4 Å². The molecule has 0 aliphatic heterocycles. The normalized spacial score (nSPS) is 11.2. The average molecular weight is 436 g/mol. The second kappa shape index (κ2) is 6.84. The number of esters is 1. The molecule has 0 saturated heterocycles. The molecular weight excluding hydrogens is 418 g/mol. The Balaban J connectivity index is 2.15. The highest BCUT2D eigenvalue weighted by Crippen LogP contribution is 2.37. The number of aromatic nitrogens is 1. The molecule has 0 saturated carbocycles. The number of anilines is 1. The van der Waals surface area contributed by atoms with Gasteiger partial charge in [0.05, 0.1) is 28.9 Å². The predicted octanol–water partition coefficient (Wildman–Crippen LogP) is 5.36. The van der Waals surface area contributed by atoms with Crippen LogP contribution in [-0.4, -0.2) is 17.1 Å². The van der Waals surface area contributed by atoms with Crippen LogP contribution in [0.4, 0.5) is 5.69 Å². The molecule has 4 aromatic rings. The number of ether oxygens (including phenoxy) is 1. The molecule has 0 aliphatic carbocycles. The zero-order chi connectivity index (χ0) is 20.0. The van der Waals surface area contributed by atoms with Gasteiger partial charge in [-0.25, -0.2) is 4.79 Å². The first-order valence-corrected chi connectivity index (χ1v) is 9.84. The second-order valence-corrected chi connectivity index (χ2v) is 7.46. The predicted molar refractivity (Wildman–Crippen MR) is 115 cm³/mol. The Kier molecular flexibility index (Phi) is 4.48. The fourth-order valence-electron chi connectivity index (χ4n) is 3.82. The van der Waals surface area contributed by atoms with Crippen molar-refractivity contribution in [1.82, 2.24) is 4.57 Å². The average Bonchev–Trinajstić information content (AvgIpc) is 2.97. The lowest BCUT2D eigenvalue weighted by Crippen LogP contribution is -2.09. The van der Waals surface area contributed by atoms with E-state index in [-0.39, 0.29) is 17.9 Å². The van der Waals surface area contributed by atoms with Gasteiger partial charge in [0.25, 0.3) is 0 Å². The molecule has 1 heterocycles. The fraction of sp³-hybridized carbons (Fsp3) is 0.182. The molecular formula is C22H18BrN3O2. The van der Waals surface area contributed by atoms with E-state index in [9.17, 15) is 10.1 Å². The molecule has 0 aliphatic rings. The Morgan fingerprint density at radius 2 is 1.89 bits per heavy atom. The number of benzene rings is 3. The van der Waals surface area contributed by atoms with Crippen molar-refractivity contribution in [1.29, 1.82) is 5.26 Å². The highest BCUT2D eigenvalue weighted by atomic mass is 79.9. The molecule has 0 atom stereocenters. The van der Waals surface area contributed by atoms with Gasteiger partial charge in [-0.15, -0.1) is 0 Å². The van der Waals surface area contributed by atoms with Gasteiger partial charge in [0, 0.05) is 32.7 Å². The van der Waals surface area contributed by atoms with Crippen LogP contribution < -0.4 is 5.73 Å². The molecule has 5 nitrogen and oxygen atoms in total. The van der Waals surface area contributed by atoms with E-state index >= 15 is 0 Å². The first-order chi connectivity index (χ1) is 13.5. The number of nitrogens with zero attached hydrogens (tertiary/aromatic N) is 2. The molecule has 0 amide bonds. The molecule has 0 unspecified atom stereocenters. The zero-order valence-electron chi connectivity index (χ0n) is 15.5. The van der Waals surface area contributed by atoms with E-state index < -0.39 is 5.97 Å². The number of rotatable bonds is 3. The Morgan fingerprint density at radius 1 is 1.14 bits per heavy atom. The van der Waals surface area contributed by atoms with Gasteiger partial charge in [0.1, 0.15) is 6.07 Å². The number of hydrogen-bond acceptors (Lipinski definition) is 4. The van der Waals surface area contributed by atoms with E-state index in [1.165, 1.54) is 0 Å². The van der Waals surface area contributed by atoms with Crippen LogP contribution in [0, 0.1) is 11.3 Å². The smallest absolute Gasteiger partial charge is 0.340 e. The third-order valence-electron chi connectivity index (χ3n) is 5.05. The number of nitrogens with two attached hydrogens (primary N) is 1. The highest BCUT2D eigenvalue weighted by molar-refractivity contribution is 9.10. The van der Waals surface area contributed by atoms with Gasteiger partial charge in [0.2, 0.25) is 0 Å². The van der Waals surface area contributed by atoms with Crippen LogP contribution >= 0.6 is 15.9 Å². The van der Waals surface area contributed by atoms with Crippen molar-refractivity contribution < 1.29 is 9.53 Å². The van der Waals surface area contributed by atoms with Gasteiger partial charge in [-0.3, -0.25) is 0 Å². The number of halogens is 1. The molecule has 28 heavy (non-hydrogen) atoms. The number of fused-ring (bicyclic) bond motifs is 4. The van der Waals surface area contributed by atoms with Crippen molar-refractivity contribution >= 4 is 60.2 Å². The number of nitrogen functional groups attached to an aromatic ring is 1. The molecule has 2 N–H and O–H groups in total. The lowest BCUT2D eigenvalue weighted by Gasteiger charge is -2.11. The van der Waals surface area contributed by atoms with Gasteiger partial charge in [0.15, 0.2) is 0 Å². The number of carbonyl (C=O) groups excluding carboxylic acids is 1. The number of aryl methyl sites for hydroxylation is 1. The van der Waals surface area contributed by atoms with Crippen molar-refractivity contribution in [2.75, 3.05) is 12.3 Å². The number of hydrogen-bond donors (Lipinski definition) is 1. The summed E-state index contributed by atoms with van der Waals surface area (Å²) in [4.78, 5) is 12.3. The van der Waals surface area contributed by atoms with E-state index in [4.69, 9.17) is 10.5 Å². The Morgan fingerprint density at radius 3 is 2.57 bits per heavy atom. The van der Waals surface area contributed by atoms with Gasteiger partial charge < -0.3 is 15.0 Å². The van der Waals surface area contributed by atoms with E-state index in [2.05, 4.69) is 45.6 Å². The van der Waals surface area contributed by atoms with Gasteiger partial charge in [-0.1, -0.05) is 22.0 Å². The Labute approximate surface area is 170 Å². The zero-order valence-corrected chi connectivity index (χ0v) is 17.1. The van der Waals surface area contributed by atoms with Crippen LogP contribution in [0.25, 0.3) is 32.6 Å².